The quantitative estimate of drug-likeness (QED) is 0.797. The topological polar surface area (TPSA) is 47.7 Å². The van der Waals surface area contributed by atoms with E-state index in [1.54, 1.807) is 7.11 Å². The summed E-state index contributed by atoms with van der Waals surface area (Å²) in [6.45, 7) is 7.91. The van der Waals surface area contributed by atoms with Gasteiger partial charge >= 0.3 is 0 Å². The molecule has 0 radical (unpaired) electrons. The average Bonchev–Trinajstić information content (AvgIpc) is 3.17. The fourth-order valence-electron chi connectivity index (χ4n) is 3.29. The summed E-state index contributed by atoms with van der Waals surface area (Å²) in [7, 11) is 1.68. The van der Waals surface area contributed by atoms with E-state index in [2.05, 4.69) is 22.2 Å². The van der Waals surface area contributed by atoms with Crippen molar-refractivity contribution in [3.63, 3.8) is 0 Å². The predicted octanol–water partition coefficient (Wildman–Crippen LogP) is 4.12. The number of hydrogen-bond acceptors (Lipinski definition) is 5. The molecule has 0 spiro atoms. The molecule has 3 rings (SSSR count). The molecule has 0 amide bonds. The van der Waals surface area contributed by atoms with Gasteiger partial charge in [0, 0.05) is 12.6 Å². The zero-order valence-corrected chi connectivity index (χ0v) is 14.9. The second-order valence-electron chi connectivity index (χ2n) is 6.64. The van der Waals surface area contributed by atoms with Gasteiger partial charge in [-0.25, -0.2) is 0 Å². The van der Waals surface area contributed by atoms with Crippen LogP contribution in [0.4, 0.5) is 0 Å². The van der Waals surface area contributed by atoms with E-state index in [1.165, 1.54) is 12.0 Å². The summed E-state index contributed by atoms with van der Waals surface area (Å²) in [6.07, 6.45) is 2.43. The summed E-state index contributed by atoms with van der Waals surface area (Å²) in [4.78, 5) is 2.45. The molecule has 0 N–H and O–H groups in total. The van der Waals surface area contributed by atoms with Crippen LogP contribution in [0, 0.1) is 6.92 Å². The molecule has 24 heavy (non-hydrogen) atoms. The molecule has 5 nitrogen and oxygen atoms in total. The third-order valence-electron chi connectivity index (χ3n) is 4.33. The third kappa shape index (κ3) is 3.73. The SMILES string of the molecule is COc1cc(CN2CCC[C@@H]2c2cc(C)on2)ccc1OC(C)C. The van der Waals surface area contributed by atoms with Gasteiger partial charge in [0.05, 0.1) is 19.3 Å². The Hall–Kier alpha value is -2.01. The highest BCUT2D eigenvalue weighted by Crippen LogP contribution is 2.35. The minimum Gasteiger partial charge on any atom is -0.493 e. The predicted molar refractivity (Wildman–Crippen MR) is 92.4 cm³/mol. The second-order valence-corrected chi connectivity index (χ2v) is 6.64. The van der Waals surface area contributed by atoms with E-state index in [0.717, 1.165) is 42.5 Å². The monoisotopic (exact) mass is 330 g/mol. The van der Waals surface area contributed by atoms with Crippen LogP contribution in [0.25, 0.3) is 0 Å². The number of hydrogen-bond donors (Lipinski definition) is 0. The van der Waals surface area contributed by atoms with E-state index in [4.69, 9.17) is 14.0 Å². The van der Waals surface area contributed by atoms with E-state index < -0.39 is 0 Å². The minimum atomic E-state index is 0.128. The molecule has 2 heterocycles. The van der Waals surface area contributed by atoms with Gasteiger partial charge < -0.3 is 14.0 Å². The molecule has 1 saturated heterocycles. The normalized spacial score (nSPS) is 18.3. The first-order chi connectivity index (χ1) is 11.6. The van der Waals surface area contributed by atoms with Gasteiger partial charge in [-0.15, -0.1) is 0 Å². The number of benzene rings is 1. The molecular weight excluding hydrogens is 304 g/mol. The first kappa shape index (κ1) is 16.8. The molecule has 2 aromatic rings. The van der Waals surface area contributed by atoms with Crippen LogP contribution >= 0.6 is 0 Å². The average molecular weight is 330 g/mol. The molecule has 0 unspecified atom stereocenters. The maximum Gasteiger partial charge on any atom is 0.161 e. The number of ether oxygens (including phenoxy) is 2. The summed E-state index contributed by atoms with van der Waals surface area (Å²) >= 11 is 0. The summed E-state index contributed by atoms with van der Waals surface area (Å²) in [5, 5.41) is 4.21. The maximum absolute atomic E-state index is 5.79. The first-order valence-electron chi connectivity index (χ1n) is 8.57. The Morgan fingerprint density at radius 3 is 2.79 bits per heavy atom. The number of nitrogens with zero attached hydrogens (tertiary/aromatic N) is 2. The highest BCUT2D eigenvalue weighted by molar-refractivity contribution is 5.43. The fourth-order valence-corrected chi connectivity index (χ4v) is 3.29. The Balaban J connectivity index is 1.75. The van der Waals surface area contributed by atoms with E-state index in [0.29, 0.717) is 6.04 Å². The van der Waals surface area contributed by atoms with Crippen molar-refractivity contribution in [2.75, 3.05) is 13.7 Å². The highest BCUT2D eigenvalue weighted by atomic mass is 16.5. The Kier molecular flexibility index (Phi) is 5.09. The molecule has 0 saturated carbocycles. The number of likely N-dealkylation sites (tertiary alicyclic amines) is 1. The van der Waals surface area contributed by atoms with Crippen LogP contribution < -0.4 is 9.47 Å². The van der Waals surface area contributed by atoms with Crippen molar-refractivity contribution in [3.8, 4) is 11.5 Å². The van der Waals surface area contributed by atoms with Gasteiger partial charge in [0.2, 0.25) is 0 Å². The van der Waals surface area contributed by atoms with E-state index >= 15 is 0 Å². The summed E-state index contributed by atoms with van der Waals surface area (Å²) < 4.78 is 16.5. The van der Waals surface area contributed by atoms with Crippen molar-refractivity contribution in [1.29, 1.82) is 0 Å². The van der Waals surface area contributed by atoms with E-state index in [-0.39, 0.29) is 6.10 Å². The standard InChI is InChI=1S/C19H26N2O3/c1-13(2)23-18-8-7-15(11-19(18)22-4)12-21-9-5-6-17(21)16-10-14(3)24-20-16/h7-8,10-11,13,17H,5-6,9,12H2,1-4H3/t17-/m1/s1. The lowest BCUT2D eigenvalue weighted by atomic mass is 10.1. The van der Waals surface area contributed by atoms with Crippen molar-refractivity contribution in [2.24, 2.45) is 0 Å². The number of rotatable bonds is 6. The van der Waals surface area contributed by atoms with Crippen molar-refractivity contribution in [1.82, 2.24) is 10.1 Å². The smallest absolute Gasteiger partial charge is 0.161 e. The first-order valence-corrected chi connectivity index (χ1v) is 8.57. The van der Waals surface area contributed by atoms with Crippen LogP contribution in [-0.4, -0.2) is 29.8 Å². The van der Waals surface area contributed by atoms with Gasteiger partial charge in [-0.3, -0.25) is 4.90 Å². The lowest BCUT2D eigenvalue weighted by Crippen LogP contribution is -2.23. The zero-order chi connectivity index (χ0) is 17.1. The number of methoxy groups -OCH3 is 1. The molecule has 1 aliphatic rings. The van der Waals surface area contributed by atoms with Crippen molar-refractivity contribution in [2.45, 2.75) is 52.3 Å². The Morgan fingerprint density at radius 2 is 2.12 bits per heavy atom. The van der Waals surface area contributed by atoms with Crippen LogP contribution in [0.2, 0.25) is 0 Å². The second kappa shape index (κ2) is 7.26. The maximum atomic E-state index is 5.79. The van der Waals surface area contributed by atoms with Crippen molar-refractivity contribution < 1.29 is 14.0 Å². The molecule has 1 aromatic carbocycles. The van der Waals surface area contributed by atoms with E-state index in [1.807, 2.05) is 32.9 Å². The molecule has 1 fully saturated rings. The van der Waals surface area contributed by atoms with Crippen LogP contribution in [0.3, 0.4) is 0 Å². The Labute approximate surface area is 143 Å². The zero-order valence-electron chi connectivity index (χ0n) is 14.9. The molecule has 130 valence electrons. The van der Waals surface area contributed by atoms with Gasteiger partial charge in [-0.1, -0.05) is 11.2 Å². The van der Waals surface area contributed by atoms with Crippen LogP contribution in [0.1, 0.15) is 49.7 Å². The molecule has 0 bridgehead atoms. The fraction of sp³-hybridized carbons (Fsp3) is 0.526. The van der Waals surface area contributed by atoms with Crippen LogP contribution in [0.15, 0.2) is 28.8 Å². The van der Waals surface area contributed by atoms with E-state index in [9.17, 15) is 0 Å². The largest absolute Gasteiger partial charge is 0.493 e. The van der Waals surface area contributed by atoms with Crippen LogP contribution in [0.5, 0.6) is 11.5 Å². The van der Waals surface area contributed by atoms with Gasteiger partial charge in [-0.2, -0.15) is 0 Å². The lowest BCUT2D eigenvalue weighted by Gasteiger charge is -2.23. The Morgan fingerprint density at radius 1 is 1.29 bits per heavy atom. The summed E-state index contributed by atoms with van der Waals surface area (Å²) in [6, 6.07) is 8.56. The van der Waals surface area contributed by atoms with Crippen LogP contribution in [-0.2, 0) is 6.54 Å². The van der Waals surface area contributed by atoms with Gasteiger partial charge in [0.1, 0.15) is 11.5 Å². The van der Waals surface area contributed by atoms with Crippen molar-refractivity contribution >= 4 is 0 Å². The molecular formula is C19H26N2O3. The summed E-state index contributed by atoms with van der Waals surface area (Å²) in [5.74, 6) is 2.45. The highest BCUT2D eigenvalue weighted by Gasteiger charge is 2.28. The number of aryl methyl sites for hydroxylation is 1. The minimum absolute atomic E-state index is 0.128. The lowest BCUT2D eigenvalue weighted by molar-refractivity contribution is 0.227. The van der Waals surface area contributed by atoms with Gasteiger partial charge in [0.15, 0.2) is 11.5 Å². The van der Waals surface area contributed by atoms with Gasteiger partial charge in [0.25, 0.3) is 0 Å². The molecule has 5 heteroatoms. The molecule has 0 aliphatic carbocycles. The number of aromatic nitrogens is 1. The summed E-state index contributed by atoms with van der Waals surface area (Å²) in [5.41, 5.74) is 2.26. The molecule has 1 atom stereocenters. The molecule has 1 aromatic heterocycles. The third-order valence-corrected chi connectivity index (χ3v) is 4.33. The van der Waals surface area contributed by atoms with Crippen molar-refractivity contribution in [3.05, 3.63) is 41.3 Å². The Bertz CT molecular complexity index is 681. The molecule has 1 aliphatic heterocycles. The van der Waals surface area contributed by atoms with Gasteiger partial charge in [-0.05, 0) is 57.9 Å².